The van der Waals surface area contributed by atoms with Crippen molar-refractivity contribution in [1.29, 1.82) is 0 Å². The molecule has 3 aromatic carbocycles. The molecule has 0 amide bonds. The van der Waals surface area contributed by atoms with E-state index in [1.165, 1.54) is 23.8 Å². The van der Waals surface area contributed by atoms with Crippen molar-refractivity contribution in [1.82, 2.24) is 9.97 Å². The molecule has 39 heavy (non-hydrogen) atoms. The number of halogens is 3. The van der Waals surface area contributed by atoms with Gasteiger partial charge in [0.1, 0.15) is 12.1 Å². The molecule has 7 heteroatoms. The number of aromatic amines is 1. The number of aliphatic hydroxyl groups excluding tert-OH is 1. The molecule has 1 fully saturated rings. The molecule has 1 unspecified atom stereocenters. The van der Waals surface area contributed by atoms with Crippen LogP contribution in [0, 0.1) is 11.8 Å². The van der Waals surface area contributed by atoms with Crippen LogP contribution in [0.15, 0.2) is 72.8 Å². The highest BCUT2D eigenvalue weighted by Crippen LogP contribution is 2.39. The number of benzene rings is 3. The van der Waals surface area contributed by atoms with E-state index in [2.05, 4.69) is 34.2 Å². The molecule has 1 aliphatic carbocycles. The molecule has 0 saturated heterocycles. The summed E-state index contributed by atoms with van der Waals surface area (Å²) in [7, 11) is 0. The highest BCUT2D eigenvalue weighted by Gasteiger charge is 2.29. The van der Waals surface area contributed by atoms with E-state index in [0.29, 0.717) is 33.4 Å². The molecule has 4 aromatic rings. The summed E-state index contributed by atoms with van der Waals surface area (Å²) in [5, 5.41) is 9.93. The van der Waals surface area contributed by atoms with E-state index in [0.717, 1.165) is 49.2 Å². The van der Waals surface area contributed by atoms with Gasteiger partial charge < -0.3 is 14.9 Å². The van der Waals surface area contributed by atoms with Crippen molar-refractivity contribution < 1.29 is 18.7 Å². The van der Waals surface area contributed by atoms with Gasteiger partial charge >= 0.3 is 0 Å². The summed E-state index contributed by atoms with van der Waals surface area (Å²) in [5.74, 6) is -2.04. The van der Waals surface area contributed by atoms with E-state index in [4.69, 9.17) is 11.6 Å². The van der Waals surface area contributed by atoms with E-state index in [1.807, 2.05) is 18.2 Å². The number of rotatable bonds is 8. The SMILES string of the molecule is CC=CC(F)(F)c1ccc2nc(-c3ccc(-c4ccc(C5CCC(C(C=O)CO)CC5)cc4)cc3Cl)[nH]c2c1. The van der Waals surface area contributed by atoms with Gasteiger partial charge in [-0.15, -0.1) is 0 Å². The number of alkyl halides is 2. The number of imidazole rings is 1. The number of hydrogen-bond donors (Lipinski definition) is 2. The molecular formula is C32H31ClF2N2O2. The van der Waals surface area contributed by atoms with E-state index in [1.54, 1.807) is 13.0 Å². The Balaban J connectivity index is 1.32. The zero-order valence-corrected chi connectivity index (χ0v) is 22.5. The summed E-state index contributed by atoms with van der Waals surface area (Å²) in [6.45, 7) is 1.50. The van der Waals surface area contributed by atoms with Gasteiger partial charge in [0, 0.05) is 17.0 Å². The maximum atomic E-state index is 14.3. The van der Waals surface area contributed by atoms with E-state index < -0.39 is 5.92 Å². The molecule has 0 aliphatic heterocycles. The Morgan fingerprint density at radius 1 is 1.05 bits per heavy atom. The Labute approximate surface area is 231 Å². The van der Waals surface area contributed by atoms with Gasteiger partial charge in [0.05, 0.1) is 22.7 Å². The van der Waals surface area contributed by atoms with Gasteiger partial charge in [-0.3, -0.25) is 0 Å². The van der Waals surface area contributed by atoms with Crippen LogP contribution in [-0.2, 0) is 10.7 Å². The van der Waals surface area contributed by atoms with Gasteiger partial charge in [0.15, 0.2) is 0 Å². The normalized spacial score (nSPS) is 19.0. The fourth-order valence-electron chi connectivity index (χ4n) is 5.67. The number of aromatic nitrogens is 2. The van der Waals surface area contributed by atoms with Gasteiger partial charge in [-0.2, -0.15) is 8.78 Å². The first-order valence-electron chi connectivity index (χ1n) is 13.3. The number of aliphatic hydroxyl groups is 1. The third-order valence-corrected chi connectivity index (χ3v) is 8.26. The average Bonchev–Trinajstić information content (AvgIpc) is 3.37. The van der Waals surface area contributed by atoms with Gasteiger partial charge in [-0.25, -0.2) is 4.98 Å². The first kappa shape index (κ1) is 27.2. The molecule has 4 nitrogen and oxygen atoms in total. The first-order valence-corrected chi connectivity index (χ1v) is 13.7. The smallest absolute Gasteiger partial charge is 0.291 e. The number of H-pyrrole nitrogens is 1. The minimum absolute atomic E-state index is 0.0675. The van der Waals surface area contributed by atoms with Crippen LogP contribution in [0.5, 0.6) is 0 Å². The van der Waals surface area contributed by atoms with Crippen LogP contribution in [0.1, 0.15) is 49.7 Å². The zero-order chi connectivity index (χ0) is 27.6. The Morgan fingerprint density at radius 3 is 2.41 bits per heavy atom. The van der Waals surface area contributed by atoms with Crippen molar-refractivity contribution in [2.24, 2.45) is 11.8 Å². The Morgan fingerprint density at radius 2 is 1.77 bits per heavy atom. The molecule has 0 spiro atoms. The molecule has 1 aromatic heterocycles. The summed E-state index contributed by atoms with van der Waals surface area (Å²) < 4.78 is 28.6. The summed E-state index contributed by atoms with van der Waals surface area (Å²) in [6.07, 6.45) is 7.05. The quantitative estimate of drug-likeness (QED) is 0.172. The molecule has 1 saturated carbocycles. The first-order chi connectivity index (χ1) is 18.8. The summed E-state index contributed by atoms with van der Waals surface area (Å²) in [6, 6.07) is 18.7. The summed E-state index contributed by atoms with van der Waals surface area (Å²) >= 11 is 6.67. The van der Waals surface area contributed by atoms with Gasteiger partial charge in [0.25, 0.3) is 5.92 Å². The second-order valence-corrected chi connectivity index (χ2v) is 10.8. The number of allylic oxidation sites excluding steroid dienone is 2. The van der Waals surface area contributed by atoms with Crippen molar-refractivity contribution in [2.75, 3.05) is 6.61 Å². The van der Waals surface area contributed by atoms with Crippen molar-refractivity contribution in [2.45, 2.75) is 44.4 Å². The summed E-state index contributed by atoms with van der Waals surface area (Å²) in [4.78, 5) is 18.9. The van der Waals surface area contributed by atoms with Gasteiger partial charge in [0.2, 0.25) is 0 Å². The van der Waals surface area contributed by atoms with Crippen molar-refractivity contribution in [3.63, 3.8) is 0 Å². The fraction of sp³-hybridized carbons (Fsp3) is 0.312. The lowest BCUT2D eigenvalue weighted by Crippen LogP contribution is -2.24. The largest absolute Gasteiger partial charge is 0.396 e. The predicted molar refractivity (Wildman–Crippen MR) is 152 cm³/mol. The minimum Gasteiger partial charge on any atom is -0.396 e. The van der Waals surface area contributed by atoms with E-state index in [-0.39, 0.29) is 24.0 Å². The van der Waals surface area contributed by atoms with Crippen molar-refractivity contribution >= 4 is 28.9 Å². The second kappa shape index (κ2) is 11.4. The maximum Gasteiger partial charge on any atom is 0.291 e. The van der Waals surface area contributed by atoms with Crippen molar-refractivity contribution in [3.8, 4) is 22.5 Å². The predicted octanol–water partition coefficient (Wildman–Crippen LogP) is 8.30. The van der Waals surface area contributed by atoms with Crippen LogP contribution < -0.4 is 0 Å². The van der Waals surface area contributed by atoms with Crippen LogP contribution >= 0.6 is 11.6 Å². The second-order valence-electron chi connectivity index (χ2n) is 10.4. The number of carbonyl (C=O) groups is 1. The molecule has 2 N–H and O–H groups in total. The highest BCUT2D eigenvalue weighted by atomic mass is 35.5. The third kappa shape index (κ3) is 5.68. The molecule has 0 bridgehead atoms. The van der Waals surface area contributed by atoms with Gasteiger partial charge in [-0.1, -0.05) is 54.1 Å². The van der Waals surface area contributed by atoms with Gasteiger partial charge in [-0.05, 0) is 91.5 Å². The topological polar surface area (TPSA) is 66.0 Å². The summed E-state index contributed by atoms with van der Waals surface area (Å²) in [5.41, 5.74) is 5.01. The maximum absolute atomic E-state index is 14.3. The van der Waals surface area contributed by atoms with Crippen LogP contribution in [0.25, 0.3) is 33.5 Å². The average molecular weight is 549 g/mol. The Hall–Kier alpha value is -3.35. The van der Waals surface area contributed by atoms with Crippen LogP contribution in [-0.4, -0.2) is 28.0 Å². The number of aldehydes is 1. The molecule has 202 valence electrons. The lowest BCUT2D eigenvalue weighted by atomic mass is 9.74. The van der Waals surface area contributed by atoms with Crippen LogP contribution in [0.3, 0.4) is 0 Å². The lowest BCUT2D eigenvalue weighted by molar-refractivity contribution is -0.114. The molecule has 1 heterocycles. The Bertz CT molecular complexity index is 1490. The van der Waals surface area contributed by atoms with Crippen molar-refractivity contribution in [3.05, 3.63) is 89.0 Å². The molecule has 1 atom stereocenters. The molecule has 1 aliphatic rings. The number of hydrogen-bond acceptors (Lipinski definition) is 3. The standard InChI is InChI=1S/C32H31ClF2N2O2/c1-2-15-32(34,35)26-12-14-29-30(17-26)37-31(36-29)27-13-11-24(16-28(27)33)22-7-3-20(4-8-22)21-5-9-23(10-6-21)25(18-38)19-39/h2-4,7-8,11-18,21,23,25,39H,5-6,9-10,19H2,1H3,(H,36,37). The van der Waals surface area contributed by atoms with E-state index >= 15 is 0 Å². The number of nitrogens with one attached hydrogen (secondary N) is 1. The fourth-order valence-corrected chi connectivity index (χ4v) is 5.94. The lowest BCUT2D eigenvalue weighted by Gasteiger charge is -2.31. The molecule has 0 radical (unpaired) electrons. The minimum atomic E-state index is -3.05. The number of nitrogens with zero attached hydrogens (tertiary/aromatic N) is 1. The van der Waals surface area contributed by atoms with E-state index in [9.17, 15) is 18.7 Å². The van der Waals surface area contributed by atoms with Crippen LogP contribution in [0.2, 0.25) is 5.02 Å². The Kier molecular flexibility index (Phi) is 7.96. The third-order valence-electron chi connectivity index (χ3n) is 7.95. The molecular weight excluding hydrogens is 518 g/mol. The van der Waals surface area contributed by atoms with Crippen LogP contribution in [0.4, 0.5) is 8.78 Å². The number of carbonyl (C=O) groups excluding carboxylic acids is 1. The molecule has 5 rings (SSSR count). The monoisotopic (exact) mass is 548 g/mol. The number of fused-ring (bicyclic) bond motifs is 1. The highest BCUT2D eigenvalue weighted by molar-refractivity contribution is 6.33. The zero-order valence-electron chi connectivity index (χ0n) is 21.7.